The first-order valence-electron chi connectivity index (χ1n) is 24.5. The van der Waals surface area contributed by atoms with Crippen LogP contribution < -0.4 is 25.2 Å². The van der Waals surface area contributed by atoms with E-state index in [9.17, 15) is 0 Å². The molecule has 11 heteroatoms. The predicted molar refractivity (Wildman–Crippen MR) is 269 cm³/mol. The van der Waals surface area contributed by atoms with Gasteiger partial charge >= 0.3 is 0 Å². The zero-order chi connectivity index (χ0) is 49.5. The molecule has 320 valence electrons. The maximum atomic E-state index is 9.08. The second-order valence-electron chi connectivity index (χ2n) is 15.0. The molecule has 0 spiro atoms. The molecule has 0 fully saturated rings. The number of para-hydroxylation sites is 6. The van der Waals surface area contributed by atoms with Crippen LogP contribution in [-0.4, -0.2) is 28.7 Å². The molecular weight excluding hydrogens is 991 g/mol. The maximum absolute atomic E-state index is 9.08. The van der Waals surface area contributed by atoms with E-state index >= 15 is 0 Å². The number of anilines is 4. The van der Waals surface area contributed by atoms with Crippen LogP contribution in [0.25, 0.3) is 49.7 Å². The van der Waals surface area contributed by atoms with E-state index in [1.807, 2.05) is 97.5 Å². The summed E-state index contributed by atoms with van der Waals surface area (Å²) in [6.45, 7) is -0.657. The van der Waals surface area contributed by atoms with Gasteiger partial charge in [-0.05, 0) is 71.1 Å². The van der Waals surface area contributed by atoms with Crippen LogP contribution in [-0.2, 0) is 28.0 Å². The zero-order valence-electron chi connectivity index (χ0n) is 42.0. The monoisotopic (exact) mass is 1040 g/mol. The van der Waals surface area contributed by atoms with E-state index in [0.29, 0.717) is 27.9 Å². The second-order valence-corrected chi connectivity index (χ2v) is 15.0. The van der Waals surface area contributed by atoms with Gasteiger partial charge in [-0.3, -0.25) is 0 Å². The SMILES string of the molecule is [2H]c1c([2H])c([2H])c2c(c1[2H])c1ccc(Oc3[c-]c(N4[CH-]N(c5c(/C6=C/C=C\N/C=C\C=C/[B]6)cccc5/C5=C/C=C\N/C=C\C=C/[B]5)c5ccccc54)ccc3)[c-]c1n2-c1nc2ccccc2n1C([2H])([2H])[2H].[Pt]. The van der Waals surface area contributed by atoms with Gasteiger partial charge in [0.1, 0.15) is 0 Å². The summed E-state index contributed by atoms with van der Waals surface area (Å²) in [6, 6.07) is 35.6. The van der Waals surface area contributed by atoms with E-state index in [1.54, 1.807) is 42.5 Å². The van der Waals surface area contributed by atoms with Gasteiger partial charge in [-0.1, -0.05) is 101 Å². The number of nitrogens with one attached hydrogen (secondary N) is 2. The third-order valence-electron chi connectivity index (χ3n) is 11.1. The molecule has 2 N–H and O–H groups in total. The molecule has 0 atom stereocenters. The van der Waals surface area contributed by atoms with Gasteiger partial charge in [0, 0.05) is 91.0 Å². The Labute approximate surface area is 410 Å². The number of aromatic nitrogens is 3. The van der Waals surface area contributed by atoms with E-state index in [1.165, 1.54) is 4.57 Å². The standard InChI is InChI=1S/C55H40B2N7O.Pt/c1-61-50-25-5-3-23-48(50)60-55(61)64-49-24-4-2-18-42(49)43-29-28-41(37-53(43)64)65-40-17-12-16-39(36-40)62-38-63(52-27-7-6-26-51(52)62)54-44(46-21-14-34-58-32-10-8-30-56-46)19-13-20-45(54)47-22-15-35-59-33-11-9-31-57-47;/h2-35,38,58-59H,1H3;/q-3;/b30-8-,31-9-,32-10-,33-11-,34-14-,35-15-,46-21-,47-22-;/i1D3,2D,4D,18D,24D;. The Morgan fingerprint density at radius 2 is 1.32 bits per heavy atom. The van der Waals surface area contributed by atoms with Crippen LogP contribution in [0.3, 0.4) is 0 Å². The summed E-state index contributed by atoms with van der Waals surface area (Å²) >= 11 is 0. The van der Waals surface area contributed by atoms with Crippen LogP contribution in [0.15, 0.2) is 207 Å². The van der Waals surface area contributed by atoms with Crippen LogP contribution in [0, 0.1) is 18.8 Å². The molecule has 0 amide bonds. The minimum Gasteiger partial charge on any atom is -0.509 e. The number of nitrogens with zero attached hydrogens (tertiary/aromatic N) is 5. The number of allylic oxidation sites excluding steroid dienone is 8. The van der Waals surface area contributed by atoms with Crippen molar-refractivity contribution < 1.29 is 35.4 Å². The fraction of sp³-hybridized carbons (Fsp3) is 0.0182. The van der Waals surface area contributed by atoms with Crippen molar-refractivity contribution in [3.63, 3.8) is 0 Å². The fourth-order valence-electron chi connectivity index (χ4n) is 8.22. The molecule has 11 rings (SSSR count). The van der Waals surface area contributed by atoms with Crippen LogP contribution in [0.2, 0.25) is 0 Å². The van der Waals surface area contributed by atoms with Gasteiger partial charge in [-0.25, -0.2) is 4.98 Å². The van der Waals surface area contributed by atoms with Crippen LogP contribution in [0.4, 0.5) is 22.7 Å². The van der Waals surface area contributed by atoms with E-state index in [4.69, 9.17) is 19.3 Å². The zero-order valence-corrected chi connectivity index (χ0v) is 37.3. The van der Waals surface area contributed by atoms with Gasteiger partial charge in [-0.15, -0.1) is 60.0 Å². The number of rotatable bonds is 7. The van der Waals surface area contributed by atoms with Crippen molar-refractivity contribution in [3.05, 3.63) is 237 Å². The third kappa shape index (κ3) is 8.05. The molecule has 6 aromatic carbocycles. The molecule has 0 unspecified atom stereocenters. The number of ether oxygens (including phenoxy) is 1. The van der Waals surface area contributed by atoms with Crippen molar-refractivity contribution in [1.82, 2.24) is 24.8 Å². The molecule has 66 heavy (non-hydrogen) atoms. The van der Waals surface area contributed by atoms with Gasteiger partial charge in [0.2, 0.25) is 5.95 Å². The maximum Gasteiger partial charge on any atom is 0.213 e. The van der Waals surface area contributed by atoms with E-state index in [0.717, 1.165) is 43.7 Å². The Hall–Kier alpha value is -7.67. The van der Waals surface area contributed by atoms with Gasteiger partial charge in [0.15, 0.2) is 14.6 Å². The van der Waals surface area contributed by atoms with Crippen molar-refractivity contribution in [2.45, 2.75) is 0 Å². The molecule has 2 radical (unpaired) electrons. The summed E-state index contributed by atoms with van der Waals surface area (Å²) < 4.78 is 70.1. The van der Waals surface area contributed by atoms with Crippen molar-refractivity contribution >= 4 is 81.1 Å². The van der Waals surface area contributed by atoms with E-state index in [-0.39, 0.29) is 61.3 Å². The predicted octanol–water partition coefficient (Wildman–Crippen LogP) is 11.8. The van der Waals surface area contributed by atoms with Gasteiger partial charge in [0.25, 0.3) is 0 Å². The van der Waals surface area contributed by atoms with Crippen LogP contribution >= 0.6 is 0 Å². The Bertz CT molecular complexity index is 3670. The molecule has 8 nitrogen and oxygen atoms in total. The molecular formula is C55H40B2N7OPt-3. The van der Waals surface area contributed by atoms with Gasteiger partial charge < -0.3 is 34.3 Å². The molecule has 3 aliphatic rings. The summed E-state index contributed by atoms with van der Waals surface area (Å²) in [5, 5.41) is 6.97. The number of hydrogen-bond acceptors (Lipinski definition) is 6. The van der Waals surface area contributed by atoms with Crippen molar-refractivity contribution in [3.8, 4) is 17.4 Å². The summed E-state index contributed by atoms with van der Waals surface area (Å²) in [5.74, 6) is 4.56. The Morgan fingerprint density at radius 1 is 0.652 bits per heavy atom. The summed E-state index contributed by atoms with van der Waals surface area (Å²) in [5.41, 5.74) is 8.44. The number of hydrogen-bond donors (Lipinski definition) is 2. The van der Waals surface area contributed by atoms with Crippen molar-refractivity contribution in [1.29, 1.82) is 0 Å². The largest absolute Gasteiger partial charge is 0.509 e. The topological polar surface area (TPSA) is 62.5 Å². The molecule has 0 aliphatic carbocycles. The van der Waals surface area contributed by atoms with Crippen LogP contribution in [0.5, 0.6) is 11.5 Å². The van der Waals surface area contributed by atoms with Gasteiger partial charge in [-0.2, -0.15) is 12.1 Å². The normalized spacial score (nSPS) is 20.7. The fourth-order valence-corrected chi connectivity index (χ4v) is 8.22. The quantitative estimate of drug-likeness (QED) is 0.123. The first-order chi connectivity index (χ1) is 35.1. The first kappa shape index (κ1) is 34.7. The number of aryl methyl sites for hydroxylation is 1. The molecule has 0 saturated carbocycles. The molecule has 0 saturated heterocycles. The average molecular weight is 1040 g/mol. The molecule has 2 aromatic heterocycles. The molecule has 0 bridgehead atoms. The minimum absolute atomic E-state index is 0. The first-order valence-corrected chi connectivity index (χ1v) is 21.0. The molecule has 5 heterocycles. The minimum atomic E-state index is -2.71. The summed E-state index contributed by atoms with van der Waals surface area (Å²) in [6.07, 6.45) is 23.5. The van der Waals surface area contributed by atoms with E-state index < -0.39 is 19.1 Å². The second kappa shape index (κ2) is 18.8. The number of benzene rings is 6. The number of fused-ring (bicyclic) bond motifs is 5. The Morgan fingerprint density at radius 3 is 2.08 bits per heavy atom. The summed E-state index contributed by atoms with van der Waals surface area (Å²) in [4.78, 5) is 9.03. The number of imidazole rings is 1. The average Bonchev–Trinajstić information content (AvgIpc) is 4.08. The van der Waals surface area contributed by atoms with Crippen molar-refractivity contribution in [2.75, 3.05) is 9.80 Å². The Balaban J connectivity index is 0.00000611. The van der Waals surface area contributed by atoms with Crippen molar-refractivity contribution in [2.24, 2.45) is 6.98 Å². The van der Waals surface area contributed by atoms with Gasteiger partial charge in [0.05, 0.1) is 16.5 Å². The Kier molecular flexibility index (Phi) is 9.89. The molecule has 8 aromatic rings. The smallest absolute Gasteiger partial charge is 0.213 e. The third-order valence-corrected chi connectivity index (χ3v) is 11.1. The van der Waals surface area contributed by atoms with Crippen LogP contribution in [0.1, 0.15) is 20.7 Å². The molecule has 3 aliphatic heterocycles. The van der Waals surface area contributed by atoms with E-state index in [2.05, 4.69) is 96.3 Å². The summed E-state index contributed by atoms with van der Waals surface area (Å²) in [7, 11) is 4.21.